The molecule has 0 amide bonds. The molecule has 1 rings (SSSR count). The first-order chi connectivity index (χ1) is 8.06. The number of nitrogens with zero attached hydrogens (tertiary/aromatic N) is 1. The van der Waals surface area contributed by atoms with Crippen LogP contribution >= 0.6 is 0 Å². The van der Waals surface area contributed by atoms with E-state index in [0.717, 1.165) is 12.1 Å². The smallest absolute Gasteiger partial charge is 0.270 e. The van der Waals surface area contributed by atoms with Gasteiger partial charge in [-0.25, -0.2) is 8.78 Å². The van der Waals surface area contributed by atoms with E-state index in [9.17, 15) is 18.9 Å². The topological polar surface area (TPSA) is 78.4 Å². The van der Waals surface area contributed by atoms with Crippen molar-refractivity contribution in [3.63, 3.8) is 0 Å². The van der Waals surface area contributed by atoms with E-state index < -0.39 is 16.9 Å². The van der Waals surface area contributed by atoms with Crippen LogP contribution in [0, 0.1) is 10.1 Å². The zero-order chi connectivity index (χ0) is 12.8. The van der Waals surface area contributed by atoms with Gasteiger partial charge in [0.05, 0.1) is 17.1 Å². The highest BCUT2D eigenvalue weighted by Gasteiger charge is 2.18. The normalized spacial score (nSPS) is 10.6. The maximum atomic E-state index is 12.7. The lowest BCUT2D eigenvalue weighted by atomic mass is 10.2. The van der Waals surface area contributed by atoms with Crippen LogP contribution in [-0.4, -0.2) is 18.1 Å². The Morgan fingerprint density at radius 2 is 2.18 bits per heavy atom. The summed E-state index contributed by atoms with van der Waals surface area (Å²) in [6.45, 7) is 0.588. The largest absolute Gasteiger partial charge is 0.493 e. The molecule has 0 heterocycles. The van der Waals surface area contributed by atoms with Gasteiger partial charge in [0.1, 0.15) is 5.75 Å². The SMILES string of the molecule is NCCCOc1ccc([N+](=O)[O-])cc1C(F)F. The van der Waals surface area contributed by atoms with Crippen molar-refractivity contribution in [2.75, 3.05) is 13.2 Å². The molecule has 0 fully saturated rings. The fourth-order valence-corrected chi connectivity index (χ4v) is 1.22. The standard InChI is InChI=1S/C10H12F2N2O3/c11-10(12)8-6-7(14(15)16)2-3-9(8)17-5-1-4-13/h2-3,6,10H,1,4-5,13H2. The van der Waals surface area contributed by atoms with E-state index in [1.807, 2.05) is 0 Å². The van der Waals surface area contributed by atoms with Crippen LogP contribution in [0.1, 0.15) is 18.4 Å². The van der Waals surface area contributed by atoms with Gasteiger partial charge < -0.3 is 10.5 Å². The van der Waals surface area contributed by atoms with Crippen molar-refractivity contribution in [3.8, 4) is 5.75 Å². The molecule has 94 valence electrons. The van der Waals surface area contributed by atoms with Crippen LogP contribution in [0.5, 0.6) is 5.75 Å². The molecule has 0 aliphatic rings. The number of halogens is 2. The number of hydrogen-bond acceptors (Lipinski definition) is 4. The Hall–Kier alpha value is -1.76. The number of non-ortho nitro benzene ring substituents is 1. The van der Waals surface area contributed by atoms with Crippen molar-refractivity contribution in [2.45, 2.75) is 12.8 Å². The van der Waals surface area contributed by atoms with Gasteiger partial charge in [0.15, 0.2) is 0 Å². The number of hydrogen-bond donors (Lipinski definition) is 1. The zero-order valence-electron chi connectivity index (χ0n) is 8.94. The molecular weight excluding hydrogens is 234 g/mol. The summed E-state index contributed by atoms with van der Waals surface area (Å²) in [5.41, 5.74) is 4.38. The highest BCUT2D eigenvalue weighted by molar-refractivity contribution is 5.44. The van der Waals surface area contributed by atoms with Gasteiger partial charge in [-0.3, -0.25) is 10.1 Å². The summed E-state index contributed by atoms with van der Waals surface area (Å²) in [5.74, 6) is -0.0425. The molecule has 7 heteroatoms. The molecule has 5 nitrogen and oxygen atoms in total. The van der Waals surface area contributed by atoms with Crippen LogP contribution in [0.2, 0.25) is 0 Å². The second-order valence-corrected chi connectivity index (χ2v) is 3.27. The third-order valence-corrected chi connectivity index (χ3v) is 2.05. The second-order valence-electron chi connectivity index (χ2n) is 3.27. The van der Waals surface area contributed by atoms with Crippen LogP contribution < -0.4 is 10.5 Å². The van der Waals surface area contributed by atoms with E-state index in [1.54, 1.807) is 0 Å². The average molecular weight is 246 g/mol. The number of nitro benzene ring substituents is 1. The minimum atomic E-state index is -2.82. The summed E-state index contributed by atoms with van der Waals surface area (Å²) in [4.78, 5) is 9.72. The Morgan fingerprint density at radius 1 is 1.47 bits per heavy atom. The Morgan fingerprint density at radius 3 is 2.71 bits per heavy atom. The number of nitro groups is 1. The summed E-state index contributed by atoms with van der Waals surface area (Å²) in [6, 6.07) is 3.13. The first-order valence-electron chi connectivity index (χ1n) is 4.95. The summed E-state index contributed by atoms with van der Waals surface area (Å²) >= 11 is 0. The van der Waals surface area contributed by atoms with Crippen LogP contribution in [-0.2, 0) is 0 Å². The fourth-order valence-electron chi connectivity index (χ4n) is 1.22. The number of nitrogens with two attached hydrogens (primary N) is 1. The van der Waals surface area contributed by atoms with Gasteiger partial charge in [0.2, 0.25) is 0 Å². The van der Waals surface area contributed by atoms with E-state index in [4.69, 9.17) is 10.5 Å². The van der Waals surface area contributed by atoms with Crippen molar-refractivity contribution in [3.05, 3.63) is 33.9 Å². The molecule has 0 bridgehead atoms. The Labute approximate surface area is 96.3 Å². The summed E-state index contributed by atoms with van der Waals surface area (Å²) in [5, 5.41) is 10.5. The maximum Gasteiger partial charge on any atom is 0.270 e. The molecule has 2 N–H and O–H groups in total. The molecule has 17 heavy (non-hydrogen) atoms. The lowest BCUT2D eigenvalue weighted by Gasteiger charge is -2.10. The van der Waals surface area contributed by atoms with Gasteiger partial charge in [-0.05, 0) is 19.0 Å². The fraction of sp³-hybridized carbons (Fsp3) is 0.400. The molecular formula is C10H12F2N2O3. The lowest BCUT2D eigenvalue weighted by Crippen LogP contribution is -2.07. The van der Waals surface area contributed by atoms with Gasteiger partial charge in [0.25, 0.3) is 12.1 Å². The molecule has 0 aromatic heterocycles. The number of ether oxygens (including phenoxy) is 1. The third-order valence-electron chi connectivity index (χ3n) is 2.05. The summed E-state index contributed by atoms with van der Waals surface area (Å²) in [6.07, 6.45) is -2.29. The summed E-state index contributed by atoms with van der Waals surface area (Å²) in [7, 11) is 0. The molecule has 0 unspecified atom stereocenters. The van der Waals surface area contributed by atoms with E-state index in [2.05, 4.69) is 0 Å². The van der Waals surface area contributed by atoms with Gasteiger partial charge in [-0.2, -0.15) is 0 Å². The maximum absolute atomic E-state index is 12.7. The molecule has 0 spiro atoms. The minimum absolute atomic E-state index is 0.0425. The molecule has 0 aliphatic heterocycles. The van der Waals surface area contributed by atoms with Crippen LogP contribution in [0.4, 0.5) is 14.5 Å². The lowest BCUT2D eigenvalue weighted by molar-refractivity contribution is -0.385. The monoisotopic (exact) mass is 246 g/mol. The number of rotatable bonds is 6. The number of benzene rings is 1. The molecule has 1 aromatic carbocycles. The first kappa shape index (κ1) is 13.3. The van der Waals surface area contributed by atoms with Crippen molar-refractivity contribution in [1.82, 2.24) is 0 Å². The van der Waals surface area contributed by atoms with Crippen LogP contribution in [0.3, 0.4) is 0 Å². The predicted molar refractivity (Wildman–Crippen MR) is 57.2 cm³/mol. The second kappa shape index (κ2) is 6.09. The Balaban J connectivity index is 2.92. The Bertz CT molecular complexity index is 399. The quantitative estimate of drug-likeness (QED) is 0.474. The molecule has 0 saturated carbocycles. The van der Waals surface area contributed by atoms with E-state index >= 15 is 0 Å². The predicted octanol–water partition coefficient (Wildman–Crippen LogP) is 2.26. The molecule has 0 atom stereocenters. The van der Waals surface area contributed by atoms with Crippen molar-refractivity contribution < 1.29 is 18.4 Å². The zero-order valence-corrected chi connectivity index (χ0v) is 8.94. The van der Waals surface area contributed by atoms with Gasteiger partial charge in [-0.1, -0.05) is 0 Å². The van der Waals surface area contributed by atoms with Crippen molar-refractivity contribution in [2.24, 2.45) is 5.73 Å². The molecule has 0 saturated heterocycles. The highest BCUT2D eigenvalue weighted by Crippen LogP contribution is 2.32. The summed E-state index contributed by atoms with van der Waals surface area (Å²) < 4.78 is 30.4. The van der Waals surface area contributed by atoms with E-state index in [1.165, 1.54) is 6.07 Å². The third kappa shape index (κ3) is 3.63. The first-order valence-corrected chi connectivity index (χ1v) is 4.95. The Kier molecular flexibility index (Phi) is 4.77. The van der Waals surface area contributed by atoms with E-state index in [0.29, 0.717) is 13.0 Å². The molecule has 0 aliphatic carbocycles. The van der Waals surface area contributed by atoms with Gasteiger partial charge in [-0.15, -0.1) is 0 Å². The average Bonchev–Trinajstić information content (AvgIpc) is 2.29. The molecule has 0 radical (unpaired) electrons. The minimum Gasteiger partial charge on any atom is -0.493 e. The van der Waals surface area contributed by atoms with Gasteiger partial charge in [0, 0.05) is 12.1 Å². The van der Waals surface area contributed by atoms with Crippen molar-refractivity contribution >= 4 is 5.69 Å². The number of alkyl halides is 2. The van der Waals surface area contributed by atoms with E-state index in [-0.39, 0.29) is 18.0 Å². The van der Waals surface area contributed by atoms with Crippen LogP contribution in [0.25, 0.3) is 0 Å². The van der Waals surface area contributed by atoms with Crippen LogP contribution in [0.15, 0.2) is 18.2 Å². The van der Waals surface area contributed by atoms with Gasteiger partial charge >= 0.3 is 0 Å². The molecule has 1 aromatic rings. The highest BCUT2D eigenvalue weighted by atomic mass is 19.3. The van der Waals surface area contributed by atoms with Crippen molar-refractivity contribution in [1.29, 1.82) is 0 Å².